The summed E-state index contributed by atoms with van der Waals surface area (Å²) in [5, 5.41) is 9.44. The zero-order valence-electron chi connectivity index (χ0n) is 15.7. The van der Waals surface area contributed by atoms with E-state index < -0.39 is 0 Å². The molecular formula is C20H20N4O2S. The van der Waals surface area contributed by atoms with Crippen molar-refractivity contribution >= 4 is 27.5 Å². The molecule has 1 amide bonds. The first-order chi connectivity index (χ1) is 12.8. The first kappa shape index (κ1) is 18.8. The van der Waals surface area contributed by atoms with Gasteiger partial charge in [0, 0.05) is 19.6 Å². The molecule has 7 heteroatoms. The van der Waals surface area contributed by atoms with Crippen LogP contribution in [0.15, 0.2) is 35.4 Å². The van der Waals surface area contributed by atoms with Gasteiger partial charge in [0.2, 0.25) is 0 Å². The molecule has 0 fully saturated rings. The number of carbonyl (C=O) groups is 1. The first-order valence-corrected chi connectivity index (χ1v) is 9.40. The summed E-state index contributed by atoms with van der Waals surface area (Å²) in [7, 11) is 1.65. The van der Waals surface area contributed by atoms with Crippen LogP contribution in [0.1, 0.15) is 40.2 Å². The Labute approximate surface area is 161 Å². The molecule has 2 aromatic heterocycles. The van der Waals surface area contributed by atoms with Crippen LogP contribution in [0.25, 0.3) is 10.2 Å². The Hall–Kier alpha value is -2.98. The minimum absolute atomic E-state index is 0.0199. The SMILES string of the molecule is Cc1c(C(=O)N(Cc2ccc(C#N)cc2)C(C)C)sc2ncn(C)c(=O)c12. The van der Waals surface area contributed by atoms with Crippen molar-refractivity contribution in [3.8, 4) is 6.07 Å². The molecule has 0 aliphatic carbocycles. The molecule has 6 nitrogen and oxygen atoms in total. The van der Waals surface area contributed by atoms with E-state index in [9.17, 15) is 9.59 Å². The smallest absolute Gasteiger partial charge is 0.264 e. The van der Waals surface area contributed by atoms with E-state index in [1.54, 1.807) is 31.0 Å². The topological polar surface area (TPSA) is 79.0 Å². The van der Waals surface area contributed by atoms with Crippen LogP contribution in [0.5, 0.6) is 0 Å². The Morgan fingerprint density at radius 3 is 2.59 bits per heavy atom. The van der Waals surface area contributed by atoms with E-state index in [0.717, 1.165) is 5.56 Å². The third-order valence-electron chi connectivity index (χ3n) is 4.53. The van der Waals surface area contributed by atoms with E-state index >= 15 is 0 Å². The molecule has 0 saturated carbocycles. The van der Waals surface area contributed by atoms with Crippen LogP contribution < -0.4 is 5.56 Å². The minimum atomic E-state index is -0.143. The second-order valence-corrected chi connectivity index (χ2v) is 7.73. The van der Waals surface area contributed by atoms with E-state index in [0.29, 0.717) is 32.8 Å². The van der Waals surface area contributed by atoms with Crippen LogP contribution in [0.2, 0.25) is 0 Å². The van der Waals surface area contributed by atoms with Gasteiger partial charge in [0.25, 0.3) is 11.5 Å². The standard InChI is InChI=1S/C20H20N4O2S/c1-12(2)24(10-15-7-5-14(9-21)6-8-15)20(26)17-13(3)16-18(27-17)22-11-23(4)19(16)25/h5-8,11-12H,10H2,1-4H3. The molecule has 0 aliphatic heterocycles. The third-order valence-corrected chi connectivity index (χ3v) is 5.71. The number of aromatic nitrogens is 2. The van der Waals surface area contributed by atoms with Gasteiger partial charge in [-0.3, -0.25) is 9.59 Å². The van der Waals surface area contributed by atoms with Gasteiger partial charge in [-0.15, -0.1) is 11.3 Å². The normalized spacial score (nSPS) is 11.0. The molecule has 0 radical (unpaired) electrons. The molecule has 138 valence electrons. The van der Waals surface area contributed by atoms with Crippen molar-refractivity contribution in [2.45, 2.75) is 33.4 Å². The lowest BCUT2D eigenvalue weighted by Crippen LogP contribution is -2.36. The van der Waals surface area contributed by atoms with Crippen LogP contribution in [0, 0.1) is 18.3 Å². The molecule has 0 aliphatic rings. The summed E-state index contributed by atoms with van der Waals surface area (Å²) in [6.45, 7) is 6.15. The summed E-state index contributed by atoms with van der Waals surface area (Å²) in [5.74, 6) is -0.114. The number of nitriles is 1. The maximum atomic E-state index is 13.2. The highest BCUT2D eigenvalue weighted by molar-refractivity contribution is 7.20. The van der Waals surface area contributed by atoms with E-state index in [1.807, 2.05) is 26.0 Å². The lowest BCUT2D eigenvalue weighted by molar-refractivity contribution is 0.0695. The number of hydrogen-bond acceptors (Lipinski definition) is 5. The van der Waals surface area contributed by atoms with Gasteiger partial charge in [-0.1, -0.05) is 12.1 Å². The Morgan fingerprint density at radius 2 is 2.00 bits per heavy atom. The summed E-state index contributed by atoms with van der Waals surface area (Å²) >= 11 is 1.26. The van der Waals surface area contributed by atoms with Crippen molar-refractivity contribution in [2.24, 2.45) is 7.05 Å². The lowest BCUT2D eigenvalue weighted by Gasteiger charge is -2.26. The Morgan fingerprint density at radius 1 is 1.33 bits per heavy atom. The number of amides is 1. The number of carbonyl (C=O) groups excluding carboxylic acids is 1. The molecule has 0 saturated heterocycles. The molecule has 0 unspecified atom stereocenters. The molecule has 1 aromatic carbocycles. The highest BCUT2D eigenvalue weighted by Crippen LogP contribution is 2.29. The third kappa shape index (κ3) is 3.49. The molecule has 0 N–H and O–H groups in total. The van der Waals surface area contributed by atoms with Crippen molar-refractivity contribution in [3.63, 3.8) is 0 Å². The summed E-state index contributed by atoms with van der Waals surface area (Å²) < 4.78 is 1.42. The number of nitrogens with zero attached hydrogens (tertiary/aromatic N) is 4. The monoisotopic (exact) mass is 380 g/mol. The molecule has 27 heavy (non-hydrogen) atoms. The van der Waals surface area contributed by atoms with Crippen molar-refractivity contribution in [1.82, 2.24) is 14.5 Å². The fourth-order valence-corrected chi connectivity index (χ4v) is 4.01. The largest absolute Gasteiger partial charge is 0.331 e. The first-order valence-electron chi connectivity index (χ1n) is 8.58. The number of hydrogen-bond donors (Lipinski definition) is 0. The van der Waals surface area contributed by atoms with Crippen LogP contribution >= 0.6 is 11.3 Å². The molecule has 0 bridgehead atoms. The van der Waals surface area contributed by atoms with Gasteiger partial charge in [-0.2, -0.15) is 5.26 Å². The highest BCUT2D eigenvalue weighted by Gasteiger charge is 2.25. The van der Waals surface area contributed by atoms with E-state index in [-0.39, 0.29) is 17.5 Å². The summed E-state index contributed by atoms with van der Waals surface area (Å²) in [6, 6.07) is 9.28. The van der Waals surface area contributed by atoms with Gasteiger partial charge in [-0.25, -0.2) is 4.98 Å². The Bertz CT molecular complexity index is 1100. The van der Waals surface area contributed by atoms with E-state index in [1.165, 1.54) is 22.2 Å². The van der Waals surface area contributed by atoms with Crippen LogP contribution in [-0.2, 0) is 13.6 Å². The average Bonchev–Trinajstić information content (AvgIpc) is 2.99. The predicted molar refractivity (Wildman–Crippen MR) is 106 cm³/mol. The fraction of sp³-hybridized carbons (Fsp3) is 0.300. The number of aryl methyl sites for hydroxylation is 2. The zero-order chi connectivity index (χ0) is 19.7. The summed E-state index contributed by atoms with van der Waals surface area (Å²) in [4.78, 5) is 32.9. The van der Waals surface area contributed by atoms with Gasteiger partial charge in [0.15, 0.2) is 0 Å². The van der Waals surface area contributed by atoms with Gasteiger partial charge in [-0.05, 0) is 44.0 Å². The lowest BCUT2D eigenvalue weighted by atomic mass is 10.1. The number of fused-ring (bicyclic) bond motifs is 1. The van der Waals surface area contributed by atoms with Crippen molar-refractivity contribution in [3.05, 3.63) is 62.5 Å². The van der Waals surface area contributed by atoms with E-state index in [4.69, 9.17) is 5.26 Å². The second-order valence-electron chi connectivity index (χ2n) is 6.73. The summed E-state index contributed by atoms with van der Waals surface area (Å²) in [5.41, 5.74) is 2.07. The van der Waals surface area contributed by atoms with Gasteiger partial charge in [0.05, 0.1) is 28.2 Å². The summed E-state index contributed by atoms with van der Waals surface area (Å²) in [6.07, 6.45) is 1.48. The highest BCUT2D eigenvalue weighted by atomic mass is 32.1. The Balaban J connectivity index is 1.99. The molecule has 3 aromatic rings. The zero-order valence-corrected chi connectivity index (χ0v) is 16.5. The van der Waals surface area contributed by atoms with Crippen LogP contribution in [-0.4, -0.2) is 26.4 Å². The molecule has 0 spiro atoms. The maximum absolute atomic E-state index is 13.2. The number of thiophene rings is 1. The second kappa shape index (κ2) is 7.33. The van der Waals surface area contributed by atoms with E-state index in [2.05, 4.69) is 11.1 Å². The number of benzene rings is 1. The number of rotatable bonds is 4. The molecule has 0 atom stereocenters. The van der Waals surface area contributed by atoms with Crippen LogP contribution in [0.4, 0.5) is 0 Å². The van der Waals surface area contributed by atoms with Gasteiger partial charge in [0.1, 0.15) is 4.83 Å². The minimum Gasteiger partial charge on any atom is -0.331 e. The van der Waals surface area contributed by atoms with Gasteiger partial charge >= 0.3 is 0 Å². The van der Waals surface area contributed by atoms with Crippen molar-refractivity contribution in [2.75, 3.05) is 0 Å². The average molecular weight is 380 g/mol. The maximum Gasteiger partial charge on any atom is 0.264 e. The van der Waals surface area contributed by atoms with Crippen LogP contribution in [0.3, 0.4) is 0 Å². The van der Waals surface area contributed by atoms with Gasteiger partial charge < -0.3 is 9.47 Å². The predicted octanol–water partition coefficient (Wildman–Crippen LogP) is 3.23. The Kier molecular flexibility index (Phi) is 5.10. The molecule has 3 rings (SSSR count). The van der Waals surface area contributed by atoms with Crippen molar-refractivity contribution in [1.29, 1.82) is 5.26 Å². The fourth-order valence-electron chi connectivity index (χ4n) is 2.91. The van der Waals surface area contributed by atoms with Crippen molar-refractivity contribution < 1.29 is 4.79 Å². The molecular weight excluding hydrogens is 360 g/mol. The molecule has 2 heterocycles. The quantitative estimate of drug-likeness (QED) is 0.696.